The van der Waals surface area contributed by atoms with Crippen molar-refractivity contribution in [1.29, 1.82) is 0 Å². The van der Waals surface area contributed by atoms with E-state index in [1.807, 2.05) is 60.7 Å². The first-order valence-corrected chi connectivity index (χ1v) is 11.9. The standard InChI is InChI=1S/C32H24N2O4/c33-27-19-21(15-17-29(27)37-23-9-3-1-4-10-23)31(35)25-13-7-8-14-26(25)32(36)22-16-18-30(28(34)20-22)38-24-11-5-2-6-12-24/h1-20H,33-34H2. The maximum Gasteiger partial charge on any atom is 0.193 e. The van der Waals surface area contributed by atoms with Crippen LogP contribution in [-0.4, -0.2) is 11.6 Å². The quantitative estimate of drug-likeness (QED) is 0.177. The van der Waals surface area contributed by atoms with Crippen LogP contribution in [0.1, 0.15) is 31.8 Å². The number of benzene rings is 5. The fraction of sp³-hybridized carbons (Fsp3) is 0. The SMILES string of the molecule is Nc1cc(C(=O)c2ccccc2C(=O)c2ccc(Oc3ccccc3)c(N)c2)ccc1Oc1ccccc1. The number of hydrogen-bond donors (Lipinski definition) is 2. The number of ether oxygens (including phenoxy) is 2. The van der Waals surface area contributed by atoms with Crippen molar-refractivity contribution < 1.29 is 19.1 Å². The Morgan fingerprint density at radius 3 is 1.21 bits per heavy atom. The summed E-state index contributed by atoms with van der Waals surface area (Å²) in [6, 6.07) is 34.8. The molecule has 0 aliphatic heterocycles. The van der Waals surface area contributed by atoms with Crippen LogP contribution < -0.4 is 20.9 Å². The van der Waals surface area contributed by atoms with Crippen molar-refractivity contribution in [3.63, 3.8) is 0 Å². The summed E-state index contributed by atoms with van der Waals surface area (Å²) in [5.41, 5.74) is 14.2. The zero-order valence-corrected chi connectivity index (χ0v) is 20.3. The van der Waals surface area contributed by atoms with Gasteiger partial charge in [-0.3, -0.25) is 9.59 Å². The van der Waals surface area contributed by atoms with Gasteiger partial charge in [-0.1, -0.05) is 60.7 Å². The monoisotopic (exact) mass is 500 g/mol. The lowest BCUT2D eigenvalue weighted by Gasteiger charge is -2.12. The number of carbonyl (C=O) groups is 2. The normalized spacial score (nSPS) is 10.5. The number of nitrogen functional groups attached to an aromatic ring is 2. The third-order valence-electron chi connectivity index (χ3n) is 5.90. The first-order chi connectivity index (χ1) is 18.5. The van der Waals surface area contributed by atoms with Crippen LogP contribution in [-0.2, 0) is 0 Å². The van der Waals surface area contributed by atoms with Crippen LogP contribution in [0.2, 0.25) is 0 Å². The molecule has 186 valence electrons. The summed E-state index contributed by atoms with van der Waals surface area (Å²) < 4.78 is 11.6. The number of anilines is 2. The van der Waals surface area contributed by atoms with Gasteiger partial charge < -0.3 is 20.9 Å². The van der Waals surface area contributed by atoms with Crippen molar-refractivity contribution in [2.75, 3.05) is 11.5 Å². The Balaban J connectivity index is 1.39. The molecule has 5 rings (SSSR count). The summed E-state index contributed by atoms with van der Waals surface area (Å²) in [6.07, 6.45) is 0. The van der Waals surface area contributed by atoms with E-state index in [1.54, 1.807) is 60.7 Å². The Labute approximate surface area is 220 Å². The maximum atomic E-state index is 13.5. The third kappa shape index (κ3) is 5.24. The Hall–Kier alpha value is -5.36. The molecule has 0 amide bonds. The highest BCUT2D eigenvalue weighted by molar-refractivity contribution is 6.20. The molecule has 0 fully saturated rings. The van der Waals surface area contributed by atoms with E-state index in [0.717, 1.165) is 0 Å². The largest absolute Gasteiger partial charge is 0.455 e. The van der Waals surface area contributed by atoms with E-state index in [2.05, 4.69) is 0 Å². The molecule has 0 unspecified atom stereocenters. The summed E-state index contributed by atoms with van der Waals surface area (Å²) >= 11 is 0. The van der Waals surface area contributed by atoms with Gasteiger partial charge in [0.1, 0.15) is 23.0 Å². The molecular formula is C32H24N2O4. The van der Waals surface area contributed by atoms with Crippen molar-refractivity contribution in [1.82, 2.24) is 0 Å². The second kappa shape index (κ2) is 10.7. The number of carbonyl (C=O) groups excluding carboxylic acids is 2. The predicted octanol–water partition coefficient (Wildman–Crippen LogP) is 6.90. The van der Waals surface area contributed by atoms with Gasteiger partial charge in [-0.15, -0.1) is 0 Å². The minimum Gasteiger partial charge on any atom is -0.455 e. The van der Waals surface area contributed by atoms with Crippen LogP contribution in [0.15, 0.2) is 121 Å². The minimum atomic E-state index is -0.330. The molecule has 0 atom stereocenters. The lowest BCUT2D eigenvalue weighted by atomic mass is 9.93. The minimum absolute atomic E-state index is 0.261. The second-order valence-electron chi connectivity index (χ2n) is 8.54. The Morgan fingerprint density at radius 2 is 0.842 bits per heavy atom. The summed E-state index contributed by atoms with van der Waals surface area (Å²) in [6.45, 7) is 0. The van der Waals surface area contributed by atoms with E-state index in [4.69, 9.17) is 20.9 Å². The van der Waals surface area contributed by atoms with E-state index in [9.17, 15) is 9.59 Å². The highest BCUT2D eigenvalue weighted by Crippen LogP contribution is 2.31. The van der Waals surface area contributed by atoms with Gasteiger partial charge in [0, 0.05) is 22.3 Å². The summed E-state index contributed by atoms with van der Waals surface area (Å²) in [7, 11) is 0. The van der Waals surface area contributed by atoms with Gasteiger partial charge in [0.2, 0.25) is 0 Å². The fourth-order valence-corrected chi connectivity index (χ4v) is 3.99. The maximum absolute atomic E-state index is 13.5. The van der Waals surface area contributed by atoms with E-state index in [-0.39, 0.29) is 22.7 Å². The number of para-hydroxylation sites is 2. The molecule has 0 aliphatic carbocycles. The molecule has 5 aromatic rings. The van der Waals surface area contributed by atoms with Gasteiger partial charge in [0.25, 0.3) is 0 Å². The van der Waals surface area contributed by atoms with Crippen molar-refractivity contribution in [3.8, 4) is 23.0 Å². The van der Waals surface area contributed by atoms with Crippen molar-refractivity contribution in [3.05, 3.63) is 144 Å². The molecule has 0 saturated heterocycles. The zero-order chi connectivity index (χ0) is 26.5. The Morgan fingerprint density at radius 1 is 0.474 bits per heavy atom. The summed E-state index contributed by atoms with van der Waals surface area (Å²) in [5.74, 6) is 1.48. The number of rotatable bonds is 8. The Bertz CT molecular complexity index is 1490. The van der Waals surface area contributed by atoms with Crippen molar-refractivity contribution >= 4 is 22.9 Å². The molecule has 0 aromatic heterocycles. The van der Waals surface area contributed by atoms with E-state index < -0.39 is 0 Å². The molecule has 0 spiro atoms. The highest BCUT2D eigenvalue weighted by Gasteiger charge is 2.21. The Kier molecular flexibility index (Phi) is 6.87. The molecule has 0 aliphatic rings. The first kappa shape index (κ1) is 24.3. The first-order valence-electron chi connectivity index (χ1n) is 11.9. The second-order valence-corrected chi connectivity index (χ2v) is 8.54. The van der Waals surface area contributed by atoms with Gasteiger partial charge in [-0.25, -0.2) is 0 Å². The summed E-state index contributed by atoms with van der Waals surface area (Å²) in [4.78, 5) is 26.9. The van der Waals surface area contributed by atoms with Gasteiger partial charge in [-0.05, 0) is 60.7 Å². The number of hydrogen-bond acceptors (Lipinski definition) is 6. The molecule has 0 bridgehead atoms. The van der Waals surface area contributed by atoms with E-state index >= 15 is 0 Å². The van der Waals surface area contributed by atoms with Crippen molar-refractivity contribution in [2.24, 2.45) is 0 Å². The zero-order valence-electron chi connectivity index (χ0n) is 20.3. The van der Waals surface area contributed by atoms with Crippen LogP contribution in [0.4, 0.5) is 11.4 Å². The van der Waals surface area contributed by atoms with Gasteiger partial charge in [0.05, 0.1) is 11.4 Å². The molecule has 6 heteroatoms. The van der Waals surface area contributed by atoms with Crippen LogP contribution in [0.25, 0.3) is 0 Å². The molecule has 4 N–H and O–H groups in total. The lowest BCUT2D eigenvalue weighted by molar-refractivity contribution is 0.100. The fourth-order valence-electron chi connectivity index (χ4n) is 3.99. The molecular weight excluding hydrogens is 476 g/mol. The van der Waals surface area contributed by atoms with E-state index in [1.165, 1.54) is 0 Å². The summed E-state index contributed by atoms with van der Waals surface area (Å²) in [5, 5.41) is 0. The van der Waals surface area contributed by atoms with Crippen LogP contribution in [0.3, 0.4) is 0 Å². The number of ketones is 2. The van der Waals surface area contributed by atoms with Crippen molar-refractivity contribution in [2.45, 2.75) is 0 Å². The van der Waals surface area contributed by atoms with Gasteiger partial charge in [0.15, 0.2) is 11.6 Å². The lowest BCUT2D eigenvalue weighted by Crippen LogP contribution is -2.12. The third-order valence-corrected chi connectivity index (χ3v) is 5.90. The molecule has 5 aromatic carbocycles. The molecule has 38 heavy (non-hydrogen) atoms. The topological polar surface area (TPSA) is 105 Å². The average Bonchev–Trinajstić information content (AvgIpc) is 2.95. The molecule has 0 saturated carbocycles. The van der Waals surface area contributed by atoms with Crippen LogP contribution >= 0.6 is 0 Å². The van der Waals surface area contributed by atoms with E-state index in [0.29, 0.717) is 45.5 Å². The van der Waals surface area contributed by atoms with Crippen LogP contribution in [0, 0.1) is 0 Å². The van der Waals surface area contributed by atoms with Crippen LogP contribution in [0.5, 0.6) is 23.0 Å². The molecule has 0 heterocycles. The molecule has 6 nitrogen and oxygen atoms in total. The highest BCUT2D eigenvalue weighted by atomic mass is 16.5. The number of nitrogens with two attached hydrogens (primary N) is 2. The molecule has 0 radical (unpaired) electrons. The smallest absolute Gasteiger partial charge is 0.193 e. The van der Waals surface area contributed by atoms with Gasteiger partial charge >= 0.3 is 0 Å². The predicted molar refractivity (Wildman–Crippen MR) is 148 cm³/mol. The van der Waals surface area contributed by atoms with Gasteiger partial charge in [-0.2, -0.15) is 0 Å². The average molecular weight is 501 g/mol.